The van der Waals surface area contributed by atoms with Crippen LogP contribution >= 0.6 is 0 Å². The van der Waals surface area contributed by atoms with Gasteiger partial charge in [-0.2, -0.15) is 0 Å². The fraction of sp³-hybridized carbons (Fsp3) is 0.480. The molecule has 2 N–H and O–H groups in total. The number of hydrogen-bond acceptors (Lipinski definition) is 3. The number of aliphatic hydroxyl groups excluding tert-OH is 2. The second-order valence-corrected chi connectivity index (χ2v) is 7.50. The number of pyridine rings is 1. The Kier molecular flexibility index (Phi) is 11.1. The van der Waals surface area contributed by atoms with Crippen LogP contribution < -0.4 is 9.47 Å². The summed E-state index contributed by atoms with van der Waals surface area (Å²) >= 11 is 0. The Hall–Kier alpha value is -2.17. The van der Waals surface area contributed by atoms with E-state index in [0.717, 1.165) is 17.8 Å². The predicted octanol–water partition coefficient (Wildman–Crippen LogP) is 4.30. The van der Waals surface area contributed by atoms with Crippen molar-refractivity contribution in [2.75, 3.05) is 31.2 Å². The topological polar surface area (TPSA) is 47.6 Å². The van der Waals surface area contributed by atoms with Gasteiger partial charge in [-0.05, 0) is 29.7 Å². The first-order chi connectivity index (χ1) is 14.3. The molecule has 0 aliphatic carbocycles. The molecule has 1 aromatic carbocycles. The second-order valence-electron chi connectivity index (χ2n) is 7.50. The smallest absolute Gasteiger partial charge is 0.169 e. The molecule has 0 amide bonds. The summed E-state index contributed by atoms with van der Waals surface area (Å²) in [6, 6.07) is 12.5. The van der Waals surface area contributed by atoms with Gasteiger partial charge in [-0.1, -0.05) is 56.9 Å². The van der Waals surface area contributed by atoms with Crippen LogP contribution in [0, 0.1) is 0 Å². The maximum absolute atomic E-state index is 9.16. The number of aromatic nitrogens is 1. The molecule has 0 bridgehead atoms. The molecule has 4 nitrogen and oxygen atoms in total. The first kappa shape index (κ1) is 23.1. The molecule has 0 spiro atoms. The highest BCUT2D eigenvalue weighted by molar-refractivity contribution is 5.70. The van der Waals surface area contributed by atoms with E-state index in [-0.39, 0.29) is 13.2 Å². The Balaban J connectivity index is 1.83. The van der Waals surface area contributed by atoms with Crippen LogP contribution in [0.5, 0.6) is 0 Å². The fourth-order valence-electron chi connectivity index (χ4n) is 3.40. The third kappa shape index (κ3) is 8.80. The number of nitrogens with zero attached hydrogens (tertiary/aromatic N) is 2. The normalized spacial score (nSPS) is 11.3. The molecule has 0 saturated carbocycles. The Morgan fingerprint density at radius 1 is 0.759 bits per heavy atom. The van der Waals surface area contributed by atoms with Gasteiger partial charge in [-0.25, -0.2) is 4.57 Å². The van der Waals surface area contributed by atoms with Gasteiger partial charge in [0.05, 0.1) is 13.2 Å². The lowest BCUT2D eigenvalue weighted by molar-refractivity contribution is -0.697. The summed E-state index contributed by atoms with van der Waals surface area (Å²) in [6.07, 6.45) is 16.5. The molecule has 1 heterocycles. The molecule has 0 radical (unpaired) electrons. The van der Waals surface area contributed by atoms with E-state index < -0.39 is 0 Å². The number of hydrogen-bond donors (Lipinski definition) is 2. The lowest BCUT2D eigenvalue weighted by Crippen LogP contribution is -2.32. The Bertz CT molecular complexity index is 690. The highest BCUT2D eigenvalue weighted by Gasteiger charge is 2.04. The quantitative estimate of drug-likeness (QED) is 0.369. The number of aliphatic hydroxyl groups is 2. The van der Waals surface area contributed by atoms with Crippen LogP contribution in [0.4, 0.5) is 5.69 Å². The van der Waals surface area contributed by atoms with Crippen LogP contribution in [-0.2, 0) is 6.54 Å². The van der Waals surface area contributed by atoms with E-state index in [1.807, 2.05) is 17.0 Å². The van der Waals surface area contributed by atoms with E-state index in [0.29, 0.717) is 13.1 Å². The van der Waals surface area contributed by atoms with Crippen LogP contribution in [-0.4, -0.2) is 36.5 Å². The van der Waals surface area contributed by atoms with Crippen molar-refractivity contribution >= 4 is 17.8 Å². The molecule has 0 saturated heterocycles. The Morgan fingerprint density at radius 2 is 1.31 bits per heavy atom. The molecule has 1 aromatic heterocycles. The van der Waals surface area contributed by atoms with Crippen molar-refractivity contribution in [2.24, 2.45) is 0 Å². The average Bonchev–Trinajstić information content (AvgIpc) is 2.76. The van der Waals surface area contributed by atoms with Gasteiger partial charge in [-0.3, -0.25) is 0 Å². The minimum atomic E-state index is 0.0779. The SMILES string of the molecule is CCCCCCCC[n+]1ccc(/C=C/c2ccc(N(CCO)CCO)cc2)cc1. The lowest BCUT2D eigenvalue weighted by atomic mass is 10.1. The molecular weight excluding hydrogens is 360 g/mol. The van der Waals surface area contributed by atoms with Crippen molar-refractivity contribution in [2.45, 2.75) is 52.0 Å². The van der Waals surface area contributed by atoms with Gasteiger partial charge in [0.2, 0.25) is 0 Å². The van der Waals surface area contributed by atoms with E-state index in [1.165, 1.54) is 44.1 Å². The molecular formula is C25H37N2O2+. The van der Waals surface area contributed by atoms with Gasteiger partial charge in [0.1, 0.15) is 6.54 Å². The van der Waals surface area contributed by atoms with Gasteiger partial charge >= 0.3 is 0 Å². The molecule has 0 atom stereocenters. The number of rotatable bonds is 14. The first-order valence-corrected chi connectivity index (χ1v) is 11.0. The molecule has 2 aromatic rings. The van der Waals surface area contributed by atoms with E-state index in [9.17, 15) is 0 Å². The molecule has 29 heavy (non-hydrogen) atoms. The summed E-state index contributed by atoms with van der Waals surface area (Å²) in [5.74, 6) is 0. The van der Waals surface area contributed by atoms with E-state index >= 15 is 0 Å². The molecule has 0 unspecified atom stereocenters. The first-order valence-electron chi connectivity index (χ1n) is 11.0. The zero-order chi connectivity index (χ0) is 20.7. The zero-order valence-electron chi connectivity index (χ0n) is 17.8. The van der Waals surface area contributed by atoms with Crippen LogP contribution in [0.25, 0.3) is 12.2 Å². The molecule has 0 aliphatic heterocycles. The van der Waals surface area contributed by atoms with E-state index in [1.54, 1.807) is 0 Å². The van der Waals surface area contributed by atoms with Crippen LogP contribution in [0.3, 0.4) is 0 Å². The molecule has 2 rings (SSSR count). The van der Waals surface area contributed by atoms with Crippen molar-refractivity contribution in [1.29, 1.82) is 0 Å². The lowest BCUT2D eigenvalue weighted by Gasteiger charge is -2.22. The Labute approximate surface area is 176 Å². The van der Waals surface area contributed by atoms with Crippen molar-refractivity contribution in [3.8, 4) is 0 Å². The van der Waals surface area contributed by atoms with Crippen LogP contribution in [0.15, 0.2) is 48.8 Å². The number of benzene rings is 1. The van der Waals surface area contributed by atoms with Gasteiger partial charge in [0.15, 0.2) is 12.4 Å². The summed E-state index contributed by atoms with van der Waals surface area (Å²) in [5, 5.41) is 18.3. The predicted molar refractivity (Wildman–Crippen MR) is 122 cm³/mol. The van der Waals surface area contributed by atoms with Crippen molar-refractivity contribution in [1.82, 2.24) is 0 Å². The number of aryl methyl sites for hydroxylation is 1. The van der Waals surface area contributed by atoms with Crippen molar-refractivity contribution in [3.63, 3.8) is 0 Å². The zero-order valence-corrected chi connectivity index (χ0v) is 17.8. The van der Waals surface area contributed by atoms with Gasteiger partial charge in [0, 0.05) is 37.3 Å². The maximum atomic E-state index is 9.16. The largest absolute Gasteiger partial charge is 0.395 e. The minimum absolute atomic E-state index is 0.0779. The third-order valence-corrected chi connectivity index (χ3v) is 5.15. The highest BCUT2D eigenvalue weighted by Crippen LogP contribution is 2.16. The standard InChI is InChI=1S/C25H37N2O2/c1-2-3-4-5-6-7-16-26-17-14-24(15-18-26)9-8-23-10-12-25(13-11-23)27(19-21-28)20-22-29/h8-15,17-18,28-29H,2-7,16,19-22H2,1H3/q+1. The summed E-state index contributed by atoms with van der Waals surface area (Å²) in [4.78, 5) is 1.98. The summed E-state index contributed by atoms with van der Waals surface area (Å²) in [5.41, 5.74) is 3.33. The fourth-order valence-corrected chi connectivity index (χ4v) is 3.40. The average molecular weight is 398 g/mol. The molecule has 158 valence electrons. The minimum Gasteiger partial charge on any atom is -0.395 e. The van der Waals surface area contributed by atoms with Crippen LogP contribution in [0.1, 0.15) is 56.6 Å². The molecule has 0 fully saturated rings. The van der Waals surface area contributed by atoms with Gasteiger partial charge in [-0.15, -0.1) is 0 Å². The summed E-state index contributed by atoms with van der Waals surface area (Å²) < 4.78 is 2.27. The van der Waals surface area contributed by atoms with Crippen molar-refractivity contribution < 1.29 is 14.8 Å². The van der Waals surface area contributed by atoms with E-state index in [4.69, 9.17) is 10.2 Å². The highest BCUT2D eigenvalue weighted by atomic mass is 16.3. The number of anilines is 1. The Morgan fingerprint density at radius 3 is 1.90 bits per heavy atom. The van der Waals surface area contributed by atoms with Crippen molar-refractivity contribution in [3.05, 3.63) is 59.9 Å². The second kappa shape index (κ2) is 13.9. The molecule has 4 heteroatoms. The van der Waals surface area contributed by atoms with Gasteiger partial charge < -0.3 is 15.1 Å². The molecule has 0 aliphatic rings. The van der Waals surface area contributed by atoms with E-state index in [2.05, 4.69) is 60.3 Å². The van der Waals surface area contributed by atoms with Gasteiger partial charge in [0.25, 0.3) is 0 Å². The monoisotopic (exact) mass is 397 g/mol. The third-order valence-electron chi connectivity index (χ3n) is 5.15. The number of unbranched alkanes of at least 4 members (excludes halogenated alkanes) is 5. The van der Waals surface area contributed by atoms with Crippen LogP contribution in [0.2, 0.25) is 0 Å². The maximum Gasteiger partial charge on any atom is 0.169 e. The summed E-state index contributed by atoms with van der Waals surface area (Å²) in [7, 11) is 0. The summed E-state index contributed by atoms with van der Waals surface area (Å²) in [6.45, 7) is 4.56.